The van der Waals surface area contributed by atoms with Crippen molar-refractivity contribution in [2.75, 3.05) is 0 Å². The molecule has 0 fully saturated rings. The van der Waals surface area contributed by atoms with Gasteiger partial charge in [0.05, 0.1) is 12.5 Å². The number of halogens is 4. The first-order valence-electron chi connectivity index (χ1n) is 5.82. The van der Waals surface area contributed by atoms with Gasteiger partial charge in [0.25, 0.3) is 5.56 Å². The van der Waals surface area contributed by atoms with Gasteiger partial charge in [0, 0.05) is 6.07 Å². The minimum absolute atomic E-state index is 0.0761. The van der Waals surface area contributed by atoms with E-state index in [9.17, 15) is 22.4 Å². The zero-order valence-electron chi connectivity index (χ0n) is 10.6. The summed E-state index contributed by atoms with van der Waals surface area (Å²) in [4.78, 5) is 17.7. The Balaban J connectivity index is 2.08. The first kappa shape index (κ1) is 14.0. The third kappa shape index (κ3) is 2.50. The summed E-state index contributed by atoms with van der Waals surface area (Å²) in [5, 5.41) is 3.95. The number of alkyl halides is 3. The number of aromatic amines is 1. The number of hydrogen-bond acceptors (Lipinski definition) is 4. The van der Waals surface area contributed by atoms with Crippen LogP contribution in [0.15, 0.2) is 35.5 Å². The Labute approximate surface area is 119 Å². The van der Waals surface area contributed by atoms with Crippen molar-refractivity contribution in [2.45, 2.75) is 6.36 Å². The molecule has 0 atom stereocenters. The third-order valence-electron chi connectivity index (χ3n) is 2.75. The van der Waals surface area contributed by atoms with Crippen molar-refractivity contribution in [1.82, 2.24) is 19.7 Å². The van der Waals surface area contributed by atoms with Crippen LogP contribution in [0.3, 0.4) is 0 Å². The van der Waals surface area contributed by atoms with Gasteiger partial charge in [0.2, 0.25) is 0 Å². The van der Waals surface area contributed by atoms with E-state index in [1.165, 1.54) is 6.20 Å². The summed E-state index contributed by atoms with van der Waals surface area (Å²) in [7, 11) is 0. The van der Waals surface area contributed by atoms with Gasteiger partial charge < -0.3 is 9.72 Å². The van der Waals surface area contributed by atoms with Gasteiger partial charge in [-0.15, -0.1) is 13.2 Å². The summed E-state index contributed by atoms with van der Waals surface area (Å²) >= 11 is 0. The van der Waals surface area contributed by atoms with Crippen LogP contribution in [-0.4, -0.2) is 26.1 Å². The molecule has 0 saturated carbocycles. The van der Waals surface area contributed by atoms with Crippen molar-refractivity contribution in [2.24, 2.45) is 0 Å². The molecule has 22 heavy (non-hydrogen) atoms. The molecule has 0 bridgehead atoms. The van der Waals surface area contributed by atoms with E-state index in [0.29, 0.717) is 6.07 Å². The van der Waals surface area contributed by atoms with Gasteiger partial charge in [-0.3, -0.25) is 4.79 Å². The molecular weight excluding hydrogens is 308 g/mol. The largest absolute Gasteiger partial charge is 0.573 e. The minimum Gasteiger partial charge on any atom is -0.406 e. The lowest BCUT2D eigenvalue weighted by Crippen LogP contribution is -2.17. The molecule has 3 rings (SSSR count). The van der Waals surface area contributed by atoms with Crippen molar-refractivity contribution in [3.05, 3.63) is 46.9 Å². The molecule has 1 aromatic carbocycles. The zero-order chi connectivity index (χ0) is 15.9. The Morgan fingerprint density at radius 1 is 1.27 bits per heavy atom. The molecular formula is C12H6F4N4O2. The highest BCUT2D eigenvalue weighted by Crippen LogP contribution is 2.26. The van der Waals surface area contributed by atoms with Gasteiger partial charge in [-0.2, -0.15) is 5.10 Å². The zero-order valence-corrected chi connectivity index (χ0v) is 10.6. The van der Waals surface area contributed by atoms with Crippen LogP contribution in [-0.2, 0) is 0 Å². The highest BCUT2D eigenvalue weighted by molar-refractivity contribution is 5.74. The maximum absolute atomic E-state index is 14.0. The monoisotopic (exact) mass is 314 g/mol. The molecule has 6 nitrogen and oxygen atoms in total. The van der Waals surface area contributed by atoms with Crippen molar-refractivity contribution in [1.29, 1.82) is 0 Å². The molecule has 0 spiro atoms. The van der Waals surface area contributed by atoms with Crippen molar-refractivity contribution >= 4 is 11.0 Å². The smallest absolute Gasteiger partial charge is 0.406 e. The number of H-pyrrole nitrogens is 1. The predicted molar refractivity (Wildman–Crippen MR) is 66.1 cm³/mol. The van der Waals surface area contributed by atoms with Crippen LogP contribution in [0.2, 0.25) is 0 Å². The van der Waals surface area contributed by atoms with E-state index in [1.54, 1.807) is 0 Å². The number of nitrogens with zero attached hydrogens (tertiary/aromatic N) is 3. The van der Waals surface area contributed by atoms with Gasteiger partial charge in [0.15, 0.2) is 11.5 Å². The molecule has 0 amide bonds. The van der Waals surface area contributed by atoms with E-state index in [4.69, 9.17) is 0 Å². The number of ether oxygens (including phenoxy) is 1. The molecule has 0 aliphatic rings. The van der Waals surface area contributed by atoms with Crippen LogP contribution >= 0.6 is 0 Å². The summed E-state index contributed by atoms with van der Waals surface area (Å²) in [6, 6.07) is 2.56. The number of hydrogen-bond donors (Lipinski definition) is 1. The van der Waals surface area contributed by atoms with Crippen molar-refractivity contribution in [3.8, 4) is 11.4 Å². The van der Waals surface area contributed by atoms with Gasteiger partial charge in [-0.05, 0) is 12.1 Å². The van der Waals surface area contributed by atoms with Crippen LogP contribution in [0, 0.1) is 5.82 Å². The molecule has 114 valence electrons. The molecule has 0 aliphatic heterocycles. The first-order chi connectivity index (χ1) is 10.3. The maximum atomic E-state index is 14.0. The van der Waals surface area contributed by atoms with Gasteiger partial charge in [0.1, 0.15) is 16.8 Å². The minimum atomic E-state index is -4.92. The molecule has 0 aliphatic carbocycles. The molecule has 10 heteroatoms. The molecule has 2 aromatic heterocycles. The fourth-order valence-electron chi connectivity index (χ4n) is 1.89. The summed E-state index contributed by atoms with van der Waals surface area (Å²) < 4.78 is 54.9. The molecule has 0 radical (unpaired) electrons. The number of benzene rings is 1. The second kappa shape index (κ2) is 4.83. The first-order valence-corrected chi connectivity index (χ1v) is 5.82. The van der Waals surface area contributed by atoms with Crippen LogP contribution < -0.4 is 10.3 Å². The Kier molecular flexibility index (Phi) is 3.08. The quantitative estimate of drug-likeness (QED) is 0.736. The van der Waals surface area contributed by atoms with Crippen LogP contribution in [0.4, 0.5) is 17.6 Å². The number of rotatable bonds is 2. The summed E-state index contributed by atoms with van der Waals surface area (Å²) in [5.74, 6) is -1.70. The third-order valence-corrected chi connectivity index (χ3v) is 2.75. The van der Waals surface area contributed by atoms with Crippen molar-refractivity contribution < 1.29 is 22.3 Å². The topological polar surface area (TPSA) is 72.8 Å². The summed E-state index contributed by atoms with van der Waals surface area (Å²) in [6.45, 7) is 0. The van der Waals surface area contributed by atoms with E-state index in [2.05, 4.69) is 19.8 Å². The van der Waals surface area contributed by atoms with E-state index >= 15 is 0 Å². The van der Waals surface area contributed by atoms with E-state index in [-0.39, 0.29) is 16.7 Å². The van der Waals surface area contributed by atoms with E-state index < -0.39 is 23.5 Å². The normalized spacial score (nSPS) is 11.8. The molecule has 2 heterocycles. The Bertz CT molecular complexity index is 900. The Morgan fingerprint density at radius 2 is 2.05 bits per heavy atom. The average Bonchev–Trinajstić information content (AvgIpc) is 2.82. The van der Waals surface area contributed by atoms with Crippen LogP contribution in [0.25, 0.3) is 16.7 Å². The molecule has 0 unspecified atom stereocenters. The Hall–Kier alpha value is -2.91. The Morgan fingerprint density at radius 3 is 2.73 bits per heavy atom. The lowest BCUT2D eigenvalue weighted by atomic mass is 10.3. The number of aromatic nitrogens is 4. The molecule has 0 saturated heterocycles. The second-order valence-corrected chi connectivity index (χ2v) is 4.19. The van der Waals surface area contributed by atoms with Crippen molar-refractivity contribution in [3.63, 3.8) is 0 Å². The molecule has 1 N–H and O–H groups in total. The summed E-state index contributed by atoms with van der Waals surface area (Å²) in [6.07, 6.45) is -2.62. The van der Waals surface area contributed by atoms with Gasteiger partial charge in [-0.25, -0.2) is 14.1 Å². The second-order valence-electron chi connectivity index (χ2n) is 4.19. The van der Waals surface area contributed by atoms with Crippen LogP contribution in [0.1, 0.15) is 0 Å². The average molecular weight is 314 g/mol. The lowest BCUT2D eigenvalue weighted by molar-refractivity contribution is -0.274. The highest BCUT2D eigenvalue weighted by Gasteiger charge is 2.31. The molecule has 3 aromatic rings. The van der Waals surface area contributed by atoms with E-state index in [1.807, 2.05) is 0 Å². The summed E-state index contributed by atoms with van der Waals surface area (Å²) in [5.41, 5.74) is -0.552. The number of fused-ring (bicyclic) bond motifs is 1. The fourth-order valence-corrected chi connectivity index (χ4v) is 1.89. The van der Waals surface area contributed by atoms with Gasteiger partial charge in [-0.1, -0.05) is 0 Å². The van der Waals surface area contributed by atoms with Gasteiger partial charge >= 0.3 is 6.36 Å². The number of nitrogens with one attached hydrogen (secondary N) is 1. The lowest BCUT2D eigenvalue weighted by Gasteiger charge is -2.10. The van der Waals surface area contributed by atoms with Crippen LogP contribution in [0.5, 0.6) is 5.75 Å². The highest BCUT2D eigenvalue weighted by atomic mass is 19.4. The standard InChI is InChI=1S/C12H6F4N4O2/c13-8-3-6(22-12(14,15)16)1-2-9(8)20-10-7(4-19-20)11(21)18-5-17-10/h1-5H,(H,17,18,21). The van der Waals surface area contributed by atoms with E-state index in [0.717, 1.165) is 23.1 Å². The predicted octanol–water partition coefficient (Wildman–Crippen LogP) is 2.15. The SMILES string of the molecule is O=c1[nH]cnc2c1cnn2-c1ccc(OC(F)(F)F)cc1F. The maximum Gasteiger partial charge on any atom is 0.573 e. The fraction of sp³-hybridized carbons (Fsp3) is 0.0833.